The first-order valence-corrected chi connectivity index (χ1v) is 8.13. The normalized spacial score (nSPS) is 15.4. The molecule has 0 atom stereocenters. The van der Waals surface area contributed by atoms with Crippen molar-refractivity contribution in [1.29, 1.82) is 0 Å². The molecule has 3 N–H and O–H groups in total. The number of carboxylic acid groups (broad SMARTS) is 1. The summed E-state index contributed by atoms with van der Waals surface area (Å²) in [6.07, 6.45) is 8.03. The fraction of sp³-hybridized carbons (Fsp3) is 0.500. The van der Waals surface area contributed by atoms with E-state index < -0.39 is 18.4 Å². The molecule has 0 radical (unpaired) electrons. The molecule has 3 rings (SSSR count). The Morgan fingerprint density at radius 3 is 2.56 bits per heavy atom. The summed E-state index contributed by atoms with van der Waals surface area (Å²) in [4.78, 5) is 26.9. The van der Waals surface area contributed by atoms with Crippen molar-refractivity contribution in [2.75, 3.05) is 6.54 Å². The molecule has 2 heterocycles. The van der Waals surface area contributed by atoms with Crippen LogP contribution in [0, 0.1) is 0 Å². The fourth-order valence-electron chi connectivity index (χ4n) is 3.32. The topological polar surface area (TPSA) is 117 Å². The number of hydrogen-bond donors (Lipinski definition) is 3. The highest BCUT2D eigenvalue weighted by atomic mass is 35.5. The van der Waals surface area contributed by atoms with Crippen LogP contribution in [0.15, 0.2) is 12.4 Å². The van der Waals surface area contributed by atoms with Crippen molar-refractivity contribution in [3.05, 3.63) is 23.7 Å². The third-order valence-electron chi connectivity index (χ3n) is 4.46. The van der Waals surface area contributed by atoms with Crippen molar-refractivity contribution >= 4 is 29.9 Å². The first-order chi connectivity index (χ1) is 11.6. The molecule has 1 aliphatic carbocycles. The van der Waals surface area contributed by atoms with Gasteiger partial charge in [-0.3, -0.25) is 9.59 Å². The van der Waals surface area contributed by atoms with Gasteiger partial charge in [0.2, 0.25) is 0 Å². The average Bonchev–Trinajstić information content (AvgIpc) is 2.86. The minimum absolute atomic E-state index is 0. The molecule has 0 saturated heterocycles. The molecule has 0 bridgehead atoms. The Bertz CT molecular complexity index is 769. The number of aromatic nitrogens is 3. The van der Waals surface area contributed by atoms with Gasteiger partial charge in [-0.15, -0.1) is 12.4 Å². The predicted octanol–water partition coefficient (Wildman–Crippen LogP) is 2.11. The molecule has 9 heteroatoms. The van der Waals surface area contributed by atoms with Crippen LogP contribution >= 0.6 is 12.4 Å². The molecule has 8 nitrogen and oxygen atoms in total. The predicted molar refractivity (Wildman–Crippen MR) is 92.3 cm³/mol. The molecule has 0 aromatic carbocycles. The zero-order chi connectivity index (χ0) is 17.1. The van der Waals surface area contributed by atoms with E-state index in [-0.39, 0.29) is 35.3 Å². The maximum absolute atomic E-state index is 12.2. The number of carbonyl (C=O) groups is 2. The fourth-order valence-corrected chi connectivity index (χ4v) is 3.32. The third-order valence-corrected chi connectivity index (χ3v) is 4.46. The Kier molecular flexibility index (Phi) is 6.19. The van der Waals surface area contributed by atoms with Crippen LogP contribution in [0.4, 0.5) is 0 Å². The summed E-state index contributed by atoms with van der Waals surface area (Å²) in [6.45, 7) is -0.525. The number of carboxylic acids is 1. The third kappa shape index (κ3) is 4.01. The number of carbonyl (C=O) groups excluding carboxylic acids is 1. The standard InChI is InChI=1S/C16H20N4O4.ClH/c21-12-7-11(10-5-3-1-2-4-6-10)20-15(18-9-19-20)14(12)16(24)17-8-13(22)23;/h7,9-10,21H,1-6,8H2,(H,17,24)(H,22,23);1H. The van der Waals surface area contributed by atoms with Gasteiger partial charge in [0.25, 0.3) is 5.91 Å². The van der Waals surface area contributed by atoms with E-state index in [0.29, 0.717) is 0 Å². The van der Waals surface area contributed by atoms with Gasteiger partial charge in [0, 0.05) is 12.0 Å². The quantitative estimate of drug-likeness (QED) is 0.711. The summed E-state index contributed by atoms with van der Waals surface area (Å²) in [5, 5.41) is 25.5. The molecule has 1 aliphatic rings. The van der Waals surface area contributed by atoms with Crippen LogP contribution in [0.2, 0.25) is 0 Å². The number of aliphatic carboxylic acids is 1. The monoisotopic (exact) mass is 368 g/mol. The second-order valence-electron chi connectivity index (χ2n) is 6.09. The van der Waals surface area contributed by atoms with Gasteiger partial charge in [0.1, 0.15) is 24.2 Å². The first-order valence-electron chi connectivity index (χ1n) is 8.13. The minimum Gasteiger partial charge on any atom is -0.507 e. The summed E-state index contributed by atoms with van der Waals surface area (Å²) in [5.74, 6) is -1.77. The lowest BCUT2D eigenvalue weighted by Crippen LogP contribution is -2.30. The van der Waals surface area contributed by atoms with Gasteiger partial charge in [0.05, 0.1) is 5.69 Å². The molecular weight excluding hydrogens is 348 g/mol. The molecule has 136 valence electrons. The second kappa shape index (κ2) is 8.15. The summed E-state index contributed by atoms with van der Waals surface area (Å²) in [7, 11) is 0. The number of nitrogens with zero attached hydrogens (tertiary/aromatic N) is 3. The summed E-state index contributed by atoms with van der Waals surface area (Å²) >= 11 is 0. The number of halogens is 1. The maximum atomic E-state index is 12.2. The lowest BCUT2D eigenvalue weighted by Gasteiger charge is -2.17. The van der Waals surface area contributed by atoms with Crippen LogP contribution in [-0.4, -0.2) is 43.2 Å². The van der Waals surface area contributed by atoms with Crippen molar-refractivity contribution in [2.24, 2.45) is 0 Å². The van der Waals surface area contributed by atoms with Crippen molar-refractivity contribution in [3.8, 4) is 5.75 Å². The number of fused-ring (bicyclic) bond motifs is 1. The zero-order valence-corrected chi connectivity index (χ0v) is 14.5. The number of hydrogen-bond acceptors (Lipinski definition) is 5. The Balaban J connectivity index is 0.00000225. The molecule has 1 saturated carbocycles. The molecule has 2 aromatic rings. The van der Waals surface area contributed by atoms with Gasteiger partial charge < -0.3 is 15.5 Å². The van der Waals surface area contributed by atoms with E-state index in [4.69, 9.17) is 5.11 Å². The summed E-state index contributed by atoms with van der Waals surface area (Å²) in [5.41, 5.74) is 1.04. The highest BCUT2D eigenvalue weighted by Gasteiger charge is 2.24. The Labute approximate surface area is 150 Å². The van der Waals surface area contributed by atoms with E-state index in [1.807, 2.05) is 0 Å². The first kappa shape index (κ1) is 19.0. The van der Waals surface area contributed by atoms with Crippen molar-refractivity contribution in [1.82, 2.24) is 19.9 Å². The van der Waals surface area contributed by atoms with E-state index in [9.17, 15) is 14.7 Å². The number of aromatic hydroxyl groups is 1. The molecule has 2 aromatic heterocycles. The van der Waals surface area contributed by atoms with Crippen LogP contribution < -0.4 is 5.32 Å². The molecule has 0 unspecified atom stereocenters. The Hall–Kier alpha value is -2.35. The Morgan fingerprint density at radius 2 is 1.92 bits per heavy atom. The van der Waals surface area contributed by atoms with Crippen LogP contribution in [0.3, 0.4) is 0 Å². The van der Waals surface area contributed by atoms with Crippen molar-refractivity contribution in [3.63, 3.8) is 0 Å². The molecule has 25 heavy (non-hydrogen) atoms. The van der Waals surface area contributed by atoms with E-state index >= 15 is 0 Å². The number of rotatable bonds is 4. The largest absolute Gasteiger partial charge is 0.507 e. The lowest BCUT2D eigenvalue weighted by atomic mass is 9.95. The van der Waals surface area contributed by atoms with Crippen LogP contribution in [-0.2, 0) is 4.79 Å². The number of amides is 1. The van der Waals surface area contributed by atoms with Gasteiger partial charge in [-0.05, 0) is 12.8 Å². The van der Waals surface area contributed by atoms with E-state index in [1.165, 1.54) is 19.2 Å². The van der Waals surface area contributed by atoms with E-state index in [2.05, 4.69) is 15.4 Å². The van der Waals surface area contributed by atoms with Gasteiger partial charge in [-0.2, -0.15) is 5.10 Å². The second-order valence-corrected chi connectivity index (χ2v) is 6.09. The summed E-state index contributed by atoms with van der Waals surface area (Å²) < 4.78 is 1.59. The maximum Gasteiger partial charge on any atom is 0.322 e. The van der Waals surface area contributed by atoms with Crippen molar-refractivity contribution < 1.29 is 19.8 Å². The van der Waals surface area contributed by atoms with Crippen molar-refractivity contribution in [2.45, 2.75) is 44.4 Å². The molecule has 0 aliphatic heterocycles. The van der Waals surface area contributed by atoms with E-state index in [0.717, 1.165) is 31.4 Å². The van der Waals surface area contributed by atoms with Crippen LogP contribution in [0.5, 0.6) is 5.75 Å². The average molecular weight is 369 g/mol. The molecule has 1 amide bonds. The van der Waals surface area contributed by atoms with Crippen LogP contribution in [0.1, 0.15) is 60.5 Å². The number of pyridine rings is 1. The Morgan fingerprint density at radius 1 is 1.24 bits per heavy atom. The van der Waals surface area contributed by atoms with Gasteiger partial charge in [-0.1, -0.05) is 25.7 Å². The van der Waals surface area contributed by atoms with E-state index in [1.54, 1.807) is 10.6 Å². The van der Waals surface area contributed by atoms with Crippen LogP contribution in [0.25, 0.3) is 5.65 Å². The van der Waals surface area contributed by atoms with Gasteiger partial charge in [0.15, 0.2) is 5.65 Å². The molecule has 0 spiro atoms. The highest BCUT2D eigenvalue weighted by molar-refractivity contribution is 6.03. The molecule has 1 fully saturated rings. The zero-order valence-electron chi connectivity index (χ0n) is 13.6. The van der Waals surface area contributed by atoms with Gasteiger partial charge >= 0.3 is 5.97 Å². The number of nitrogens with one attached hydrogen (secondary N) is 1. The lowest BCUT2D eigenvalue weighted by molar-refractivity contribution is -0.135. The molecular formula is C16H21ClN4O4. The highest BCUT2D eigenvalue weighted by Crippen LogP contribution is 2.34. The SMILES string of the molecule is Cl.O=C(O)CNC(=O)c1c(O)cc(C2CCCCCC2)n2ncnc12. The minimum atomic E-state index is -1.16. The summed E-state index contributed by atoms with van der Waals surface area (Å²) in [6, 6.07) is 1.56. The van der Waals surface area contributed by atoms with Gasteiger partial charge in [-0.25, -0.2) is 9.50 Å². The smallest absolute Gasteiger partial charge is 0.322 e.